The lowest BCUT2D eigenvalue weighted by molar-refractivity contribution is 0.132. The van der Waals surface area contributed by atoms with Gasteiger partial charge in [0.05, 0.1) is 25.0 Å². The van der Waals surface area contributed by atoms with E-state index in [0.29, 0.717) is 5.56 Å². The molecule has 0 aromatic heterocycles. The number of fused-ring (bicyclic) bond motifs is 1. The van der Waals surface area contributed by atoms with E-state index in [1.807, 2.05) is 54.6 Å². The molecule has 0 amide bonds. The van der Waals surface area contributed by atoms with Gasteiger partial charge in [0.15, 0.2) is 0 Å². The van der Waals surface area contributed by atoms with Gasteiger partial charge in [0.1, 0.15) is 12.4 Å². The van der Waals surface area contributed by atoms with Gasteiger partial charge in [0.25, 0.3) is 0 Å². The van der Waals surface area contributed by atoms with E-state index >= 15 is 0 Å². The molecule has 3 aromatic carbocycles. The second kappa shape index (κ2) is 7.30. The second-order valence-corrected chi connectivity index (χ2v) is 5.18. The summed E-state index contributed by atoms with van der Waals surface area (Å²) in [4.78, 5) is 5.36. The first kappa shape index (κ1) is 15.6. The Morgan fingerprint density at radius 2 is 1.75 bits per heavy atom. The summed E-state index contributed by atoms with van der Waals surface area (Å²) in [6.07, 6.45) is 1.68. The molecule has 118 valence electrons. The molecule has 4 heteroatoms. The molecule has 0 fully saturated rings. The maximum atomic E-state index is 9.06. The number of ether oxygens (including phenoxy) is 1. The van der Waals surface area contributed by atoms with E-state index in [0.717, 1.165) is 27.6 Å². The Balaban J connectivity index is 1.78. The van der Waals surface area contributed by atoms with Crippen molar-refractivity contribution in [1.82, 2.24) is 0 Å². The molecule has 0 heterocycles. The van der Waals surface area contributed by atoms with E-state index in [4.69, 9.17) is 14.8 Å². The molecular weight excluding hydrogens is 300 g/mol. The predicted molar refractivity (Wildman–Crippen MR) is 94.0 cm³/mol. The van der Waals surface area contributed by atoms with Gasteiger partial charge in [-0.2, -0.15) is 5.26 Å². The van der Waals surface area contributed by atoms with Crippen LogP contribution in [0.5, 0.6) is 5.75 Å². The third-order valence-corrected chi connectivity index (χ3v) is 3.76. The quantitative estimate of drug-likeness (QED) is 0.522. The molecule has 0 N–H and O–H groups in total. The number of nitrogens with zero attached hydrogens (tertiary/aromatic N) is 2. The Kier molecular flexibility index (Phi) is 4.73. The third kappa shape index (κ3) is 3.21. The fourth-order valence-electron chi connectivity index (χ4n) is 2.54. The number of methoxy groups -OCH3 is 1. The summed E-state index contributed by atoms with van der Waals surface area (Å²) < 4.78 is 5.39. The predicted octanol–water partition coefficient (Wildman–Crippen LogP) is 4.27. The summed E-state index contributed by atoms with van der Waals surface area (Å²) >= 11 is 0. The van der Waals surface area contributed by atoms with Gasteiger partial charge in [-0.15, -0.1) is 0 Å². The summed E-state index contributed by atoms with van der Waals surface area (Å²) in [6, 6.07) is 21.3. The van der Waals surface area contributed by atoms with Crippen LogP contribution in [0.3, 0.4) is 0 Å². The fraction of sp³-hybridized carbons (Fsp3) is 0.100. The zero-order valence-corrected chi connectivity index (χ0v) is 13.3. The lowest BCUT2D eigenvalue weighted by atomic mass is 10.0. The van der Waals surface area contributed by atoms with Crippen molar-refractivity contribution in [3.05, 3.63) is 77.4 Å². The highest BCUT2D eigenvalue weighted by Gasteiger charge is 2.04. The topological polar surface area (TPSA) is 54.6 Å². The number of oxime groups is 1. The normalized spacial score (nSPS) is 10.7. The van der Waals surface area contributed by atoms with Crippen LogP contribution in [0.1, 0.15) is 16.7 Å². The average Bonchev–Trinajstić information content (AvgIpc) is 2.65. The van der Waals surface area contributed by atoms with Crippen molar-refractivity contribution in [3.63, 3.8) is 0 Å². The molecule has 24 heavy (non-hydrogen) atoms. The van der Waals surface area contributed by atoms with Gasteiger partial charge in [0.2, 0.25) is 0 Å². The monoisotopic (exact) mass is 316 g/mol. The van der Waals surface area contributed by atoms with E-state index in [2.05, 4.69) is 11.2 Å². The maximum absolute atomic E-state index is 9.06. The first-order chi connectivity index (χ1) is 11.8. The largest absolute Gasteiger partial charge is 0.496 e. The van der Waals surface area contributed by atoms with Gasteiger partial charge < -0.3 is 9.57 Å². The van der Waals surface area contributed by atoms with Crippen LogP contribution >= 0.6 is 0 Å². The molecule has 3 aromatic rings. The van der Waals surface area contributed by atoms with Gasteiger partial charge in [-0.1, -0.05) is 47.6 Å². The second-order valence-electron chi connectivity index (χ2n) is 5.18. The Hall–Kier alpha value is -3.32. The molecule has 0 unspecified atom stereocenters. The molecule has 0 bridgehead atoms. The van der Waals surface area contributed by atoms with Crippen LogP contribution < -0.4 is 4.74 Å². The summed E-state index contributed by atoms with van der Waals surface area (Å²) in [5.41, 5.74) is 2.36. The molecule has 0 atom stereocenters. The summed E-state index contributed by atoms with van der Waals surface area (Å²) in [6.45, 7) is 0.258. The van der Waals surface area contributed by atoms with Crippen LogP contribution in [0.2, 0.25) is 0 Å². The third-order valence-electron chi connectivity index (χ3n) is 3.76. The maximum Gasteiger partial charge on any atom is 0.143 e. The van der Waals surface area contributed by atoms with E-state index in [9.17, 15) is 0 Å². The minimum Gasteiger partial charge on any atom is -0.496 e. The zero-order valence-electron chi connectivity index (χ0n) is 13.3. The van der Waals surface area contributed by atoms with Gasteiger partial charge in [0, 0.05) is 16.5 Å². The Morgan fingerprint density at radius 3 is 2.54 bits per heavy atom. The molecule has 0 aliphatic rings. The van der Waals surface area contributed by atoms with Crippen molar-refractivity contribution in [1.29, 1.82) is 5.26 Å². The molecule has 0 saturated heterocycles. The van der Waals surface area contributed by atoms with Crippen molar-refractivity contribution >= 4 is 17.0 Å². The number of nitriles is 1. The van der Waals surface area contributed by atoms with Crippen molar-refractivity contribution in [3.8, 4) is 11.8 Å². The van der Waals surface area contributed by atoms with Gasteiger partial charge in [-0.05, 0) is 23.6 Å². The molecule has 0 radical (unpaired) electrons. The van der Waals surface area contributed by atoms with E-state index < -0.39 is 0 Å². The van der Waals surface area contributed by atoms with E-state index in [1.165, 1.54) is 0 Å². The Bertz CT molecular complexity index is 926. The molecular formula is C20H16N2O2. The van der Waals surface area contributed by atoms with Crippen LogP contribution in [-0.2, 0) is 11.4 Å². The van der Waals surface area contributed by atoms with Crippen molar-refractivity contribution in [2.45, 2.75) is 6.61 Å². The van der Waals surface area contributed by atoms with Gasteiger partial charge in [-0.25, -0.2) is 0 Å². The van der Waals surface area contributed by atoms with Crippen molar-refractivity contribution < 1.29 is 9.57 Å². The first-order valence-corrected chi connectivity index (χ1v) is 7.52. The highest BCUT2D eigenvalue weighted by Crippen LogP contribution is 2.27. The number of hydrogen-bond acceptors (Lipinski definition) is 4. The lowest BCUT2D eigenvalue weighted by Gasteiger charge is -2.07. The van der Waals surface area contributed by atoms with Crippen LogP contribution in [-0.4, -0.2) is 13.3 Å². The smallest absolute Gasteiger partial charge is 0.143 e. The van der Waals surface area contributed by atoms with Crippen LogP contribution in [0.4, 0.5) is 0 Å². The highest BCUT2D eigenvalue weighted by atomic mass is 16.6. The van der Waals surface area contributed by atoms with E-state index in [-0.39, 0.29) is 6.61 Å². The van der Waals surface area contributed by atoms with Crippen LogP contribution in [0.15, 0.2) is 65.8 Å². The lowest BCUT2D eigenvalue weighted by Crippen LogP contribution is -1.93. The van der Waals surface area contributed by atoms with E-state index in [1.54, 1.807) is 19.4 Å². The summed E-state index contributed by atoms with van der Waals surface area (Å²) in [5, 5.41) is 15.2. The van der Waals surface area contributed by atoms with Crippen LogP contribution in [0.25, 0.3) is 10.8 Å². The highest BCUT2D eigenvalue weighted by molar-refractivity contribution is 6.02. The molecule has 4 nitrogen and oxygen atoms in total. The average molecular weight is 316 g/mol. The summed E-state index contributed by atoms with van der Waals surface area (Å²) in [5.74, 6) is 0.826. The Morgan fingerprint density at radius 1 is 1.00 bits per heavy atom. The minimum atomic E-state index is 0.258. The zero-order chi connectivity index (χ0) is 16.8. The molecule has 0 aliphatic heterocycles. The van der Waals surface area contributed by atoms with Gasteiger partial charge >= 0.3 is 0 Å². The van der Waals surface area contributed by atoms with Crippen molar-refractivity contribution in [2.24, 2.45) is 5.16 Å². The van der Waals surface area contributed by atoms with Gasteiger partial charge in [-0.3, -0.25) is 0 Å². The SMILES string of the molecule is COc1ccc(/C=N\OCc2ccccc2C#N)c2ccccc12. The van der Waals surface area contributed by atoms with Crippen LogP contribution in [0, 0.1) is 11.3 Å². The molecule has 0 spiro atoms. The van der Waals surface area contributed by atoms with Crippen molar-refractivity contribution in [2.75, 3.05) is 7.11 Å². The number of rotatable bonds is 5. The Labute approximate surface area is 140 Å². The fourth-order valence-corrected chi connectivity index (χ4v) is 2.54. The number of benzene rings is 3. The first-order valence-electron chi connectivity index (χ1n) is 7.52. The minimum absolute atomic E-state index is 0.258. The standard InChI is InChI=1S/C20H16N2O2/c1-23-20-11-10-16(18-8-4-5-9-19(18)20)13-22-24-14-17-7-3-2-6-15(17)12-21/h2-11,13H,14H2,1H3/b22-13-. The molecule has 0 aliphatic carbocycles. The molecule has 3 rings (SSSR count). The molecule has 0 saturated carbocycles. The number of hydrogen-bond donors (Lipinski definition) is 0. The summed E-state index contributed by atoms with van der Waals surface area (Å²) in [7, 11) is 1.66.